The van der Waals surface area contributed by atoms with Gasteiger partial charge in [0.2, 0.25) is 0 Å². The molecular formula is C11H20. The molecule has 4 unspecified atom stereocenters. The third-order valence-corrected chi connectivity index (χ3v) is 4.39. The van der Waals surface area contributed by atoms with E-state index in [0.29, 0.717) is 0 Å². The summed E-state index contributed by atoms with van der Waals surface area (Å²) in [6.45, 7) is 7.33. The van der Waals surface area contributed by atoms with Gasteiger partial charge in [-0.05, 0) is 42.4 Å². The Bertz CT molecular complexity index is 157. The van der Waals surface area contributed by atoms with Gasteiger partial charge in [0.1, 0.15) is 0 Å². The maximum Gasteiger partial charge on any atom is -0.0292 e. The van der Waals surface area contributed by atoms with Crippen LogP contribution in [0.15, 0.2) is 0 Å². The van der Waals surface area contributed by atoms with Gasteiger partial charge in [0.25, 0.3) is 0 Å². The van der Waals surface area contributed by atoms with Crippen molar-refractivity contribution in [3.8, 4) is 0 Å². The van der Waals surface area contributed by atoms with Crippen LogP contribution in [0.3, 0.4) is 0 Å². The van der Waals surface area contributed by atoms with Crippen molar-refractivity contribution in [2.75, 3.05) is 0 Å². The average molecular weight is 152 g/mol. The van der Waals surface area contributed by atoms with E-state index in [2.05, 4.69) is 20.8 Å². The predicted molar refractivity (Wildman–Crippen MR) is 48.4 cm³/mol. The van der Waals surface area contributed by atoms with E-state index >= 15 is 0 Å². The van der Waals surface area contributed by atoms with Crippen LogP contribution in [0.2, 0.25) is 0 Å². The standard InChI is InChI=1S/C11H20/c1-4-10-5-9-7-11(10,3)6-8(9)2/h8-10H,4-7H2,1-3H3. The van der Waals surface area contributed by atoms with Crippen molar-refractivity contribution in [1.82, 2.24) is 0 Å². The molecule has 2 aliphatic rings. The highest BCUT2D eigenvalue weighted by atomic mass is 14.6. The Morgan fingerprint density at radius 1 is 1.36 bits per heavy atom. The molecule has 2 rings (SSSR count). The van der Waals surface area contributed by atoms with Gasteiger partial charge in [0.05, 0.1) is 0 Å². The minimum absolute atomic E-state index is 0.749. The normalized spacial score (nSPS) is 55.4. The van der Waals surface area contributed by atoms with Gasteiger partial charge in [-0.15, -0.1) is 0 Å². The van der Waals surface area contributed by atoms with Crippen molar-refractivity contribution >= 4 is 0 Å². The summed E-state index contributed by atoms with van der Waals surface area (Å²) in [5.41, 5.74) is 0.749. The molecule has 0 N–H and O–H groups in total. The summed E-state index contributed by atoms with van der Waals surface area (Å²) in [4.78, 5) is 0. The lowest BCUT2D eigenvalue weighted by Crippen LogP contribution is -2.23. The molecule has 0 radical (unpaired) electrons. The zero-order valence-electron chi connectivity index (χ0n) is 8.06. The molecule has 0 aromatic rings. The zero-order valence-corrected chi connectivity index (χ0v) is 8.06. The van der Waals surface area contributed by atoms with Crippen LogP contribution in [-0.2, 0) is 0 Å². The summed E-state index contributed by atoms with van der Waals surface area (Å²) in [7, 11) is 0. The lowest BCUT2D eigenvalue weighted by Gasteiger charge is -2.33. The Balaban J connectivity index is 2.15. The van der Waals surface area contributed by atoms with Crippen LogP contribution in [0, 0.1) is 23.2 Å². The Labute approximate surface area is 70.4 Å². The molecule has 2 aliphatic carbocycles. The zero-order chi connectivity index (χ0) is 8.06. The number of rotatable bonds is 1. The molecule has 0 saturated heterocycles. The molecule has 4 atom stereocenters. The minimum atomic E-state index is 0.749. The van der Waals surface area contributed by atoms with Crippen LogP contribution >= 0.6 is 0 Å². The first-order chi connectivity index (χ1) is 5.15. The van der Waals surface area contributed by atoms with Crippen LogP contribution in [0.4, 0.5) is 0 Å². The van der Waals surface area contributed by atoms with Gasteiger partial charge < -0.3 is 0 Å². The van der Waals surface area contributed by atoms with Gasteiger partial charge in [0, 0.05) is 0 Å². The SMILES string of the molecule is CCC1CC2CC1(C)CC2C. The van der Waals surface area contributed by atoms with E-state index in [-0.39, 0.29) is 0 Å². The lowest BCUT2D eigenvalue weighted by molar-refractivity contribution is 0.174. The van der Waals surface area contributed by atoms with E-state index in [1.54, 1.807) is 0 Å². The first-order valence-electron chi connectivity index (χ1n) is 5.15. The third kappa shape index (κ3) is 0.947. The first kappa shape index (κ1) is 7.64. The lowest BCUT2D eigenvalue weighted by atomic mass is 9.73. The van der Waals surface area contributed by atoms with Crippen molar-refractivity contribution in [1.29, 1.82) is 0 Å². The van der Waals surface area contributed by atoms with Crippen LogP contribution < -0.4 is 0 Å². The molecule has 0 amide bonds. The van der Waals surface area contributed by atoms with Gasteiger partial charge >= 0.3 is 0 Å². The first-order valence-corrected chi connectivity index (χ1v) is 5.15. The third-order valence-electron chi connectivity index (χ3n) is 4.39. The molecule has 0 spiro atoms. The van der Waals surface area contributed by atoms with Gasteiger partial charge in [-0.2, -0.15) is 0 Å². The van der Waals surface area contributed by atoms with Gasteiger partial charge in [0.15, 0.2) is 0 Å². The number of hydrogen-bond acceptors (Lipinski definition) is 0. The molecule has 2 bridgehead atoms. The van der Waals surface area contributed by atoms with Crippen LogP contribution in [0.1, 0.15) is 46.5 Å². The number of hydrogen-bond donors (Lipinski definition) is 0. The van der Waals surface area contributed by atoms with E-state index in [9.17, 15) is 0 Å². The Morgan fingerprint density at radius 3 is 2.45 bits per heavy atom. The fourth-order valence-electron chi connectivity index (χ4n) is 3.74. The summed E-state index contributed by atoms with van der Waals surface area (Å²) in [5.74, 6) is 3.18. The maximum absolute atomic E-state index is 2.52. The summed E-state index contributed by atoms with van der Waals surface area (Å²) < 4.78 is 0. The molecule has 0 aliphatic heterocycles. The van der Waals surface area contributed by atoms with E-state index in [4.69, 9.17) is 0 Å². The topological polar surface area (TPSA) is 0 Å². The minimum Gasteiger partial charge on any atom is -0.0651 e. The Hall–Kier alpha value is 0. The van der Waals surface area contributed by atoms with Crippen LogP contribution in [-0.4, -0.2) is 0 Å². The molecule has 0 heterocycles. The van der Waals surface area contributed by atoms with Crippen LogP contribution in [0.25, 0.3) is 0 Å². The summed E-state index contributed by atoms with van der Waals surface area (Å²) in [5, 5.41) is 0. The van der Waals surface area contributed by atoms with Gasteiger partial charge in [-0.25, -0.2) is 0 Å². The molecule has 0 nitrogen and oxygen atoms in total. The van der Waals surface area contributed by atoms with Crippen LogP contribution in [0.5, 0.6) is 0 Å². The maximum atomic E-state index is 2.52. The second kappa shape index (κ2) is 2.24. The molecule has 0 heteroatoms. The fraction of sp³-hybridized carbons (Fsp3) is 1.00. The highest BCUT2D eigenvalue weighted by molar-refractivity contribution is 5.00. The predicted octanol–water partition coefficient (Wildman–Crippen LogP) is 3.47. The van der Waals surface area contributed by atoms with E-state index in [0.717, 1.165) is 23.2 Å². The molecule has 0 aromatic heterocycles. The van der Waals surface area contributed by atoms with Gasteiger partial charge in [-0.1, -0.05) is 27.2 Å². The van der Waals surface area contributed by atoms with Crippen molar-refractivity contribution in [3.05, 3.63) is 0 Å². The molecule has 0 aromatic carbocycles. The fourth-order valence-corrected chi connectivity index (χ4v) is 3.74. The molecule has 2 saturated carbocycles. The van der Waals surface area contributed by atoms with Crippen molar-refractivity contribution in [2.45, 2.75) is 46.5 Å². The molecule has 11 heavy (non-hydrogen) atoms. The Morgan fingerprint density at radius 2 is 2.09 bits per heavy atom. The monoisotopic (exact) mass is 152 g/mol. The van der Waals surface area contributed by atoms with E-state index in [1.165, 1.54) is 25.7 Å². The van der Waals surface area contributed by atoms with Gasteiger partial charge in [-0.3, -0.25) is 0 Å². The van der Waals surface area contributed by atoms with E-state index < -0.39 is 0 Å². The Kier molecular flexibility index (Phi) is 1.56. The van der Waals surface area contributed by atoms with E-state index in [1.807, 2.05) is 0 Å². The highest BCUT2D eigenvalue weighted by Gasteiger charge is 2.50. The molecule has 2 fully saturated rings. The molecule has 64 valence electrons. The number of fused-ring (bicyclic) bond motifs is 2. The smallest absolute Gasteiger partial charge is 0.0292 e. The van der Waals surface area contributed by atoms with Crippen molar-refractivity contribution in [2.24, 2.45) is 23.2 Å². The molecular weight excluding hydrogens is 132 g/mol. The summed E-state index contributed by atoms with van der Waals surface area (Å²) in [6, 6.07) is 0. The quantitative estimate of drug-likeness (QED) is 0.539. The summed E-state index contributed by atoms with van der Waals surface area (Å²) in [6.07, 6.45) is 6.00. The second-order valence-electron chi connectivity index (χ2n) is 5.14. The van der Waals surface area contributed by atoms with Crippen molar-refractivity contribution < 1.29 is 0 Å². The largest absolute Gasteiger partial charge is 0.0651 e. The summed E-state index contributed by atoms with van der Waals surface area (Å²) >= 11 is 0. The van der Waals surface area contributed by atoms with Crippen molar-refractivity contribution in [3.63, 3.8) is 0 Å². The highest BCUT2D eigenvalue weighted by Crippen LogP contribution is 2.60. The average Bonchev–Trinajstić information content (AvgIpc) is 2.38. The second-order valence-corrected chi connectivity index (χ2v) is 5.14.